The Hall–Kier alpha value is -2.65. The largest absolute Gasteiger partial charge is 0.454 e. The first-order valence-corrected chi connectivity index (χ1v) is 10.6. The van der Waals surface area contributed by atoms with E-state index in [0.717, 1.165) is 4.70 Å². The molecule has 27 heavy (non-hydrogen) atoms. The van der Waals surface area contributed by atoms with Gasteiger partial charge >= 0.3 is 0 Å². The summed E-state index contributed by atoms with van der Waals surface area (Å²) in [6, 6.07) is 9.58. The van der Waals surface area contributed by atoms with E-state index in [0.29, 0.717) is 22.1 Å². The van der Waals surface area contributed by atoms with Gasteiger partial charge in [0.1, 0.15) is 0 Å². The van der Waals surface area contributed by atoms with Crippen LogP contribution in [0, 0.1) is 0 Å². The lowest BCUT2D eigenvalue weighted by atomic mass is 10.2. The highest BCUT2D eigenvalue weighted by Gasteiger charge is 2.21. The first-order valence-electron chi connectivity index (χ1n) is 8.20. The number of hydrogen-bond donors (Lipinski definition) is 1. The molecule has 1 aliphatic heterocycles. The number of ether oxygens (including phenoxy) is 2. The number of benzene rings is 2. The maximum absolute atomic E-state index is 12.6. The maximum Gasteiger partial charge on any atom is 0.257 e. The van der Waals surface area contributed by atoms with E-state index in [4.69, 9.17) is 9.47 Å². The van der Waals surface area contributed by atoms with E-state index in [2.05, 4.69) is 10.3 Å². The van der Waals surface area contributed by atoms with Gasteiger partial charge in [0.2, 0.25) is 6.79 Å². The first-order chi connectivity index (χ1) is 12.8. The molecule has 0 radical (unpaired) electrons. The number of anilines is 1. The van der Waals surface area contributed by atoms with Gasteiger partial charge in [-0.1, -0.05) is 17.4 Å². The van der Waals surface area contributed by atoms with Crippen LogP contribution in [0.25, 0.3) is 10.2 Å². The molecule has 1 aromatic heterocycles. The molecule has 1 aliphatic rings. The Morgan fingerprint density at radius 3 is 2.67 bits per heavy atom. The Morgan fingerprint density at radius 2 is 1.93 bits per heavy atom. The van der Waals surface area contributed by atoms with E-state index in [9.17, 15) is 13.2 Å². The van der Waals surface area contributed by atoms with Gasteiger partial charge in [-0.3, -0.25) is 10.1 Å². The molecule has 3 aromatic rings. The summed E-state index contributed by atoms with van der Waals surface area (Å²) in [4.78, 5) is 17.1. The molecular formula is C18H16N2O5S2. The van der Waals surface area contributed by atoms with Gasteiger partial charge in [-0.05, 0) is 32.0 Å². The molecule has 2 aromatic carbocycles. The Bertz CT molecular complexity index is 1110. The molecule has 140 valence electrons. The number of fused-ring (bicyclic) bond motifs is 2. The first kappa shape index (κ1) is 17.7. The SMILES string of the molecule is CC(C)S(=O)(=O)c1cccc(C(=O)Nc2nc3cc4c(cc3s2)OCO4)c1. The van der Waals surface area contributed by atoms with E-state index in [1.54, 1.807) is 32.0 Å². The van der Waals surface area contributed by atoms with Crippen molar-refractivity contribution in [2.45, 2.75) is 24.0 Å². The van der Waals surface area contributed by atoms with Gasteiger partial charge in [0, 0.05) is 17.7 Å². The summed E-state index contributed by atoms with van der Waals surface area (Å²) < 4.78 is 36.2. The molecule has 0 saturated heterocycles. The average Bonchev–Trinajstić information content (AvgIpc) is 3.24. The van der Waals surface area contributed by atoms with Gasteiger partial charge in [-0.15, -0.1) is 0 Å². The molecular weight excluding hydrogens is 388 g/mol. The van der Waals surface area contributed by atoms with Crippen molar-refractivity contribution in [1.29, 1.82) is 0 Å². The molecule has 0 bridgehead atoms. The van der Waals surface area contributed by atoms with Crippen molar-refractivity contribution in [1.82, 2.24) is 4.98 Å². The topological polar surface area (TPSA) is 94.6 Å². The quantitative estimate of drug-likeness (QED) is 0.716. The van der Waals surface area contributed by atoms with Crippen molar-refractivity contribution in [2.75, 3.05) is 12.1 Å². The standard InChI is InChI=1S/C18H16N2O5S2/c1-10(2)27(22,23)12-5-3-4-11(6-12)17(21)20-18-19-13-7-14-15(25-9-24-14)8-16(13)26-18/h3-8,10H,9H2,1-2H3,(H,19,20,21). The van der Waals surface area contributed by atoms with Crippen molar-refractivity contribution in [3.63, 3.8) is 0 Å². The van der Waals surface area contributed by atoms with Crippen LogP contribution < -0.4 is 14.8 Å². The predicted molar refractivity (Wildman–Crippen MR) is 102 cm³/mol. The second kappa shape index (κ2) is 6.50. The van der Waals surface area contributed by atoms with Crippen LogP contribution in [0.3, 0.4) is 0 Å². The number of rotatable bonds is 4. The highest BCUT2D eigenvalue weighted by molar-refractivity contribution is 7.92. The van der Waals surface area contributed by atoms with Crippen LogP contribution in [-0.2, 0) is 9.84 Å². The predicted octanol–water partition coefficient (Wildman–Crippen LogP) is 3.46. The fourth-order valence-corrected chi connectivity index (χ4v) is 4.60. The maximum atomic E-state index is 12.6. The molecule has 1 amide bonds. The summed E-state index contributed by atoms with van der Waals surface area (Å²) >= 11 is 1.30. The molecule has 0 spiro atoms. The molecule has 0 atom stereocenters. The monoisotopic (exact) mass is 404 g/mol. The minimum Gasteiger partial charge on any atom is -0.454 e. The van der Waals surface area contributed by atoms with E-state index < -0.39 is 21.0 Å². The molecule has 2 heterocycles. The highest BCUT2D eigenvalue weighted by Crippen LogP contribution is 2.39. The number of aromatic nitrogens is 1. The summed E-state index contributed by atoms with van der Waals surface area (Å²) in [7, 11) is -3.45. The molecule has 7 nitrogen and oxygen atoms in total. The zero-order chi connectivity index (χ0) is 19.2. The van der Waals surface area contributed by atoms with Gasteiger partial charge in [0.15, 0.2) is 26.5 Å². The molecule has 9 heteroatoms. The number of amides is 1. The third-order valence-electron chi connectivity index (χ3n) is 4.15. The van der Waals surface area contributed by atoms with Gasteiger partial charge in [-0.25, -0.2) is 13.4 Å². The fourth-order valence-electron chi connectivity index (χ4n) is 2.63. The zero-order valence-corrected chi connectivity index (χ0v) is 16.2. The number of thiazole rings is 1. The molecule has 0 saturated carbocycles. The molecule has 0 unspecified atom stereocenters. The van der Waals surface area contributed by atoms with E-state index in [-0.39, 0.29) is 17.3 Å². The fraction of sp³-hybridized carbons (Fsp3) is 0.222. The number of carbonyl (C=O) groups excluding carboxylic acids is 1. The Balaban J connectivity index is 1.60. The Morgan fingerprint density at radius 1 is 1.19 bits per heavy atom. The Kier molecular flexibility index (Phi) is 4.27. The lowest BCUT2D eigenvalue weighted by Crippen LogP contribution is -2.16. The summed E-state index contributed by atoms with van der Waals surface area (Å²) in [5.74, 6) is 0.850. The third kappa shape index (κ3) is 3.24. The lowest BCUT2D eigenvalue weighted by molar-refractivity contribution is 0.102. The second-order valence-corrected chi connectivity index (χ2v) is 9.80. The van der Waals surface area contributed by atoms with Crippen molar-refractivity contribution in [2.24, 2.45) is 0 Å². The van der Waals surface area contributed by atoms with Gasteiger partial charge in [-0.2, -0.15) is 0 Å². The Labute approximate surface area is 159 Å². The molecule has 0 fully saturated rings. The smallest absolute Gasteiger partial charge is 0.257 e. The van der Waals surface area contributed by atoms with Crippen LogP contribution in [0.2, 0.25) is 0 Å². The number of hydrogen-bond acceptors (Lipinski definition) is 7. The zero-order valence-electron chi connectivity index (χ0n) is 14.6. The summed E-state index contributed by atoms with van der Waals surface area (Å²) in [5.41, 5.74) is 0.945. The van der Waals surface area contributed by atoms with E-state index >= 15 is 0 Å². The van der Waals surface area contributed by atoms with Gasteiger partial charge < -0.3 is 9.47 Å². The van der Waals surface area contributed by atoms with Crippen LogP contribution >= 0.6 is 11.3 Å². The van der Waals surface area contributed by atoms with Crippen molar-refractivity contribution in [3.8, 4) is 11.5 Å². The number of nitrogens with zero attached hydrogens (tertiary/aromatic N) is 1. The minimum absolute atomic E-state index is 0.125. The van der Waals surface area contributed by atoms with Gasteiger partial charge in [0.05, 0.1) is 20.4 Å². The number of nitrogens with one attached hydrogen (secondary N) is 1. The minimum atomic E-state index is -3.45. The van der Waals surface area contributed by atoms with Crippen LogP contribution in [0.15, 0.2) is 41.3 Å². The van der Waals surface area contributed by atoms with Crippen LogP contribution in [0.5, 0.6) is 11.5 Å². The third-order valence-corrected chi connectivity index (χ3v) is 7.23. The van der Waals surface area contributed by atoms with E-state index in [1.165, 1.54) is 23.5 Å². The second-order valence-electron chi connectivity index (χ2n) is 6.27. The van der Waals surface area contributed by atoms with Crippen molar-refractivity contribution >= 4 is 42.4 Å². The van der Waals surface area contributed by atoms with Crippen LogP contribution in [0.1, 0.15) is 24.2 Å². The lowest BCUT2D eigenvalue weighted by Gasteiger charge is -2.09. The summed E-state index contributed by atoms with van der Waals surface area (Å²) in [6.45, 7) is 3.40. The van der Waals surface area contributed by atoms with E-state index in [1.807, 2.05) is 6.07 Å². The molecule has 4 rings (SSSR count). The number of carbonyl (C=O) groups is 1. The number of sulfone groups is 1. The molecule has 0 aliphatic carbocycles. The van der Waals surface area contributed by atoms with Crippen LogP contribution in [0.4, 0.5) is 5.13 Å². The average molecular weight is 404 g/mol. The normalized spacial score (nSPS) is 13.3. The highest BCUT2D eigenvalue weighted by atomic mass is 32.2. The summed E-state index contributed by atoms with van der Waals surface area (Å²) in [6.07, 6.45) is 0. The van der Waals surface area contributed by atoms with Crippen LogP contribution in [-0.4, -0.2) is 31.4 Å². The summed E-state index contributed by atoms with van der Waals surface area (Å²) in [5, 5.41) is 2.57. The van der Waals surface area contributed by atoms with Crippen molar-refractivity contribution in [3.05, 3.63) is 42.0 Å². The van der Waals surface area contributed by atoms with Gasteiger partial charge in [0.25, 0.3) is 5.91 Å². The van der Waals surface area contributed by atoms with Crippen molar-refractivity contribution < 1.29 is 22.7 Å². The molecule has 1 N–H and O–H groups in total.